The molecule has 2 rings (SSSR count). The maximum Gasteiger partial charge on any atom is 0.483 e. The molecule has 0 unspecified atom stereocenters. The molecule has 8 heteroatoms. The van der Waals surface area contributed by atoms with Gasteiger partial charge >= 0.3 is 12.0 Å². The largest absolute Gasteiger partial charge is 0.485 e. The van der Waals surface area contributed by atoms with Gasteiger partial charge in [-0.25, -0.2) is 5.84 Å². The summed E-state index contributed by atoms with van der Waals surface area (Å²) in [7, 11) is 0. The first-order valence-corrected chi connectivity index (χ1v) is 4.82. The third kappa shape index (κ3) is 2.09. The van der Waals surface area contributed by atoms with Gasteiger partial charge < -0.3 is 9.47 Å². The van der Waals surface area contributed by atoms with E-state index in [9.17, 15) is 18.4 Å². The van der Waals surface area contributed by atoms with Crippen LogP contribution in [0.5, 0.6) is 11.5 Å². The number of alkyl halides is 2. The summed E-state index contributed by atoms with van der Waals surface area (Å²) >= 11 is 0. The number of hydrazine groups is 1. The predicted octanol–water partition coefficient (Wildman–Crippen LogP) is 0.223. The van der Waals surface area contributed by atoms with Gasteiger partial charge in [0.25, 0.3) is 0 Å². The fourth-order valence-corrected chi connectivity index (χ4v) is 1.42. The zero-order valence-corrected chi connectivity index (χ0v) is 8.91. The number of carbonyl (C=O) groups is 2. The van der Waals surface area contributed by atoms with Crippen molar-refractivity contribution in [2.75, 3.05) is 6.61 Å². The van der Waals surface area contributed by atoms with Crippen LogP contribution in [0.2, 0.25) is 0 Å². The number of ether oxygens (including phenoxy) is 2. The number of nitrogens with one attached hydrogen (secondary N) is 1. The first-order chi connectivity index (χ1) is 8.44. The molecule has 0 atom stereocenters. The number of ketones is 1. The van der Waals surface area contributed by atoms with Gasteiger partial charge in [0.05, 0.1) is 5.56 Å². The predicted molar refractivity (Wildman–Crippen MR) is 54.2 cm³/mol. The number of fused-ring (bicyclic) bond motifs is 1. The lowest BCUT2D eigenvalue weighted by Crippen LogP contribution is -2.47. The molecule has 1 heterocycles. The molecule has 0 bridgehead atoms. The zero-order chi connectivity index (χ0) is 13.3. The van der Waals surface area contributed by atoms with E-state index >= 15 is 0 Å². The molecule has 6 nitrogen and oxygen atoms in total. The minimum absolute atomic E-state index is 0.140. The molecular formula is C10H8F2N2O4. The topological polar surface area (TPSA) is 90.7 Å². The molecule has 1 aliphatic rings. The van der Waals surface area contributed by atoms with Crippen LogP contribution in [0.4, 0.5) is 8.78 Å². The molecule has 3 N–H and O–H groups in total. The van der Waals surface area contributed by atoms with Gasteiger partial charge in [-0.15, -0.1) is 0 Å². The van der Waals surface area contributed by atoms with Crippen molar-refractivity contribution in [1.29, 1.82) is 0 Å². The molecule has 0 fully saturated rings. The number of hydrogen-bond donors (Lipinski definition) is 2. The number of benzene rings is 1. The van der Waals surface area contributed by atoms with Crippen molar-refractivity contribution in [2.24, 2.45) is 5.84 Å². The van der Waals surface area contributed by atoms with E-state index in [-0.39, 0.29) is 29.5 Å². The number of hydrogen-bond acceptors (Lipinski definition) is 5. The van der Waals surface area contributed by atoms with Gasteiger partial charge in [0.2, 0.25) is 5.78 Å². The molecule has 0 saturated heterocycles. The average Bonchev–Trinajstić information content (AvgIpc) is 2.69. The summed E-state index contributed by atoms with van der Waals surface area (Å²) < 4.78 is 35.4. The van der Waals surface area contributed by atoms with Gasteiger partial charge in [0, 0.05) is 6.07 Å². The standard InChI is InChI=1S/C10H8F2N2O4/c11-10(12,9(16)14-13)18-5-1-2-6-7(15)4-17-8(6)3-5/h1-3H,4,13H2,(H,14,16). The first kappa shape index (κ1) is 12.2. The number of rotatable bonds is 3. The Bertz CT molecular complexity index is 519. The molecule has 0 spiro atoms. The van der Waals surface area contributed by atoms with E-state index in [0.717, 1.165) is 12.1 Å². The van der Waals surface area contributed by atoms with Crippen molar-refractivity contribution < 1.29 is 27.8 Å². The summed E-state index contributed by atoms with van der Waals surface area (Å²) in [5.41, 5.74) is 1.57. The van der Waals surface area contributed by atoms with Crippen LogP contribution < -0.4 is 20.7 Å². The fourth-order valence-electron chi connectivity index (χ4n) is 1.42. The first-order valence-electron chi connectivity index (χ1n) is 4.82. The normalized spacial score (nSPS) is 13.8. The highest BCUT2D eigenvalue weighted by Crippen LogP contribution is 2.31. The summed E-state index contributed by atoms with van der Waals surface area (Å²) in [6, 6.07) is 3.54. The molecule has 0 saturated carbocycles. The van der Waals surface area contributed by atoms with Crippen LogP contribution in [0.3, 0.4) is 0 Å². The Labute approximate surface area is 99.6 Å². The number of carbonyl (C=O) groups excluding carboxylic acids is 2. The van der Waals surface area contributed by atoms with E-state index < -0.39 is 12.0 Å². The summed E-state index contributed by atoms with van der Waals surface area (Å²) in [6.45, 7) is -0.140. The van der Waals surface area contributed by atoms with Crippen LogP contribution in [0.25, 0.3) is 0 Å². The summed E-state index contributed by atoms with van der Waals surface area (Å²) in [6.07, 6.45) is -4.11. The summed E-state index contributed by atoms with van der Waals surface area (Å²) in [4.78, 5) is 21.9. The van der Waals surface area contributed by atoms with Gasteiger partial charge in [0.1, 0.15) is 11.5 Å². The highest BCUT2D eigenvalue weighted by atomic mass is 19.3. The second-order valence-electron chi connectivity index (χ2n) is 3.46. The lowest BCUT2D eigenvalue weighted by atomic mass is 10.1. The average molecular weight is 258 g/mol. The summed E-state index contributed by atoms with van der Waals surface area (Å²) in [5.74, 6) is 2.40. The maximum atomic E-state index is 13.1. The van der Waals surface area contributed by atoms with Gasteiger partial charge in [-0.1, -0.05) is 0 Å². The van der Waals surface area contributed by atoms with Crippen molar-refractivity contribution in [3.05, 3.63) is 23.8 Å². The molecule has 0 aliphatic carbocycles. The highest BCUT2D eigenvalue weighted by Gasteiger charge is 2.42. The second-order valence-corrected chi connectivity index (χ2v) is 3.46. The van der Waals surface area contributed by atoms with Crippen LogP contribution in [0.15, 0.2) is 18.2 Å². The smallest absolute Gasteiger partial charge is 0.483 e. The SMILES string of the molecule is NNC(=O)C(F)(F)Oc1ccc2c(c1)OCC2=O. The lowest BCUT2D eigenvalue weighted by Gasteiger charge is -2.15. The molecule has 1 aromatic carbocycles. The molecule has 1 amide bonds. The minimum atomic E-state index is -4.11. The van der Waals surface area contributed by atoms with Crippen LogP contribution in [0.1, 0.15) is 10.4 Å². The van der Waals surface area contributed by atoms with Gasteiger partial charge in [-0.05, 0) is 12.1 Å². The number of nitrogens with two attached hydrogens (primary N) is 1. The fraction of sp³-hybridized carbons (Fsp3) is 0.200. The monoisotopic (exact) mass is 258 g/mol. The molecule has 1 aliphatic heterocycles. The van der Waals surface area contributed by atoms with Crippen LogP contribution in [-0.2, 0) is 4.79 Å². The van der Waals surface area contributed by atoms with Gasteiger partial charge in [-0.2, -0.15) is 8.78 Å². The third-order valence-corrected chi connectivity index (χ3v) is 2.25. The molecule has 96 valence electrons. The Hall–Kier alpha value is -2.22. The number of amides is 1. The van der Waals surface area contributed by atoms with E-state index in [4.69, 9.17) is 4.74 Å². The zero-order valence-electron chi connectivity index (χ0n) is 8.91. The lowest BCUT2D eigenvalue weighted by molar-refractivity contribution is -0.192. The Morgan fingerprint density at radius 1 is 1.50 bits per heavy atom. The third-order valence-electron chi connectivity index (χ3n) is 2.25. The van der Waals surface area contributed by atoms with Crippen LogP contribution >= 0.6 is 0 Å². The van der Waals surface area contributed by atoms with Crippen molar-refractivity contribution in [3.8, 4) is 11.5 Å². The van der Waals surface area contributed by atoms with E-state index in [0.29, 0.717) is 0 Å². The van der Waals surface area contributed by atoms with Crippen molar-refractivity contribution in [1.82, 2.24) is 5.43 Å². The van der Waals surface area contributed by atoms with Gasteiger partial charge in [-0.3, -0.25) is 15.0 Å². The van der Waals surface area contributed by atoms with Crippen LogP contribution in [0, 0.1) is 0 Å². The molecule has 0 aromatic heterocycles. The van der Waals surface area contributed by atoms with E-state index in [1.807, 2.05) is 0 Å². The number of Topliss-reactive ketones (excluding diaryl/α,β-unsaturated/α-hetero) is 1. The molecule has 1 aromatic rings. The maximum absolute atomic E-state index is 13.1. The summed E-state index contributed by atoms with van der Waals surface area (Å²) in [5, 5.41) is 0. The van der Waals surface area contributed by atoms with Gasteiger partial charge in [0.15, 0.2) is 6.61 Å². The Kier molecular flexibility index (Phi) is 2.87. The quantitative estimate of drug-likeness (QED) is 0.460. The highest BCUT2D eigenvalue weighted by molar-refractivity contribution is 6.02. The van der Waals surface area contributed by atoms with Crippen molar-refractivity contribution >= 4 is 11.7 Å². The Morgan fingerprint density at radius 3 is 2.89 bits per heavy atom. The molecule has 0 radical (unpaired) electrons. The van der Waals surface area contributed by atoms with E-state index in [1.165, 1.54) is 11.5 Å². The van der Waals surface area contributed by atoms with E-state index in [2.05, 4.69) is 10.6 Å². The Morgan fingerprint density at radius 2 is 2.22 bits per heavy atom. The van der Waals surface area contributed by atoms with Crippen LogP contribution in [-0.4, -0.2) is 24.4 Å². The van der Waals surface area contributed by atoms with E-state index in [1.54, 1.807) is 0 Å². The van der Waals surface area contributed by atoms with Crippen molar-refractivity contribution in [3.63, 3.8) is 0 Å². The molecular weight excluding hydrogens is 250 g/mol. The Balaban J connectivity index is 2.21. The minimum Gasteiger partial charge on any atom is -0.485 e. The second kappa shape index (κ2) is 4.22. The molecule has 18 heavy (non-hydrogen) atoms. The van der Waals surface area contributed by atoms with Crippen molar-refractivity contribution in [2.45, 2.75) is 6.11 Å². The number of halogens is 2.